The van der Waals surface area contributed by atoms with E-state index in [0.717, 1.165) is 16.6 Å². The van der Waals surface area contributed by atoms with Gasteiger partial charge >= 0.3 is 11.9 Å². The SMILES string of the molecule is CCOC(=O)C1=C(OC(C)=O)c2ccccc2C(C)(n2nc3ccccc3n2)C1. The number of benzene rings is 2. The molecule has 1 atom stereocenters. The molecule has 4 rings (SSSR count). The largest absolute Gasteiger partial charge is 0.463 e. The summed E-state index contributed by atoms with van der Waals surface area (Å²) in [6, 6.07) is 15.1. The van der Waals surface area contributed by atoms with E-state index in [2.05, 4.69) is 10.2 Å². The summed E-state index contributed by atoms with van der Waals surface area (Å²) in [6.07, 6.45) is 0.229. The van der Waals surface area contributed by atoms with E-state index < -0.39 is 17.5 Å². The fourth-order valence-corrected chi connectivity index (χ4v) is 3.74. The van der Waals surface area contributed by atoms with Crippen molar-refractivity contribution in [3.63, 3.8) is 0 Å². The fraction of sp³-hybridized carbons (Fsp3) is 0.273. The van der Waals surface area contributed by atoms with Crippen LogP contribution in [-0.4, -0.2) is 33.5 Å². The van der Waals surface area contributed by atoms with Crippen molar-refractivity contribution in [1.29, 1.82) is 0 Å². The Morgan fingerprint density at radius 2 is 1.69 bits per heavy atom. The van der Waals surface area contributed by atoms with Gasteiger partial charge in [0, 0.05) is 18.9 Å². The van der Waals surface area contributed by atoms with Crippen molar-refractivity contribution in [1.82, 2.24) is 15.0 Å². The molecule has 0 spiro atoms. The highest BCUT2D eigenvalue weighted by atomic mass is 16.5. The third-order valence-electron chi connectivity index (χ3n) is 5.04. The van der Waals surface area contributed by atoms with Crippen LogP contribution in [0.4, 0.5) is 0 Å². The molecule has 1 aliphatic rings. The number of esters is 2. The van der Waals surface area contributed by atoms with Crippen molar-refractivity contribution in [2.24, 2.45) is 0 Å². The summed E-state index contributed by atoms with van der Waals surface area (Å²) >= 11 is 0. The van der Waals surface area contributed by atoms with Crippen LogP contribution in [0, 0.1) is 0 Å². The maximum Gasteiger partial charge on any atom is 0.337 e. The average Bonchev–Trinajstić information content (AvgIpc) is 3.15. The number of aromatic nitrogens is 3. The molecule has 0 saturated carbocycles. The van der Waals surface area contributed by atoms with Gasteiger partial charge in [0.05, 0.1) is 12.2 Å². The standard InChI is InChI=1S/C22H21N3O4/c1-4-28-21(27)16-13-22(3,25-23-18-11-7-8-12-19(18)24-25)17-10-6-5-9-15(17)20(16)29-14(2)26/h5-12H,4,13H2,1-3H3. The lowest BCUT2D eigenvalue weighted by Crippen LogP contribution is -2.39. The van der Waals surface area contributed by atoms with Crippen LogP contribution in [-0.2, 0) is 24.6 Å². The lowest BCUT2D eigenvalue weighted by atomic mass is 9.77. The van der Waals surface area contributed by atoms with Gasteiger partial charge in [0.1, 0.15) is 22.3 Å². The van der Waals surface area contributed by atoms with Crippen molar-refractivity contribution in [2.45, 2.75) is 32.7 Å². The molecule has 0 N–H and O–H groups in total. The third kappa shape index (κ3) is 3.18. The minimum absolute atomic E-state index is 0.220. The second kappa shape index (κ2) is 7.16. The Labute approximate surface area is 167 Å². The summed E-state index contributed by atoms with van der Waals surface area (Å²) in [7, 11) is 0. The average molecular weight is 391 g/mol. The van der Waals surface area contributed by atoms with Gasteiger partial charge in [-0.2, -0.15) is 15.0 Å². The number of carbonyl (C=O) groups is 2. The quantitative estimate of drug-likeness (QED) is 0.634. The van der Waals surface area contributed by atoms with Gasteiger partial charge in [-0.3, -0.25) is 4.79 Å². The van der Waals surface area contributed by atoms with Crippen molar-refractivity contribution >= 4 is 28.7 Å². The van der Waals surface area contributed by atoms with Crippen LogP contribution in [0.2, 0.25) is 0 Å². The van der Waals surface area contributed by atoms with Crippen LogP contribution in [0.1, 0.15) is 38.3 Å². The molecule has 7 nitrogen and oxygen atoms in total. The molecule has 0 aliphatic heterocycles. The Balaban J connectivity index is 1.94. The monoisotopic (exact) mass is 391 g/mol. The van der Waals surface area contributed by atoms with Gasteiger partial charge in [-0.05, 0) is 31.5 Å². The van der Waals surface area contributed by atoms with Crippen molar-refractivity contribution < 1.29 is 19.1 Å². The van der Waals surface area contributed by atoms with Crippen LogP contribution < -0.4 is 0 Å². The lowest BCUT2D eigenvalue weighted by molar-refractivity contribution is -0.139. The van der Waals surface area contributed by atoms with Crippen molar-refractivity contribution in [3.8, 4) is 0 Å². The normalized spacial score (nSPS) is 18.4. The van der Waals surface area contributed by atoms with Crippen molar-refractivity contribution in [2.75, 3.05) is 6.61 Å². The molecular weight excluding hydrogens is 370 g/mol. The second-order valence-corrected chi connectivity index (χ2v) is 7.10. The smallest absolute Gasteiger partial charge is 0.337 e. The molecule has 0 fully saturated rings. The van der Waals surface area contributed by atoms with Gasteiger partial charge in [-0.1, -0.05) is 36.4 Å². The Kier molecular flexibility index (Phi) is 4.66. The van der Waals surface area contributed by atoms with E-state index in [1.807, 2.05) is 55.5 Å². The first kappa shape index (κ1) is 18.9. The van der Waals surface area contributed by atoms with E-state index in [4.69, 9.17) is 9.47 Å². The molecule has 1 aliphatic carbocycles. The van der Waals surface area contributed by atoms with Gasteiger partial charge in [-0.25, -0.2) is 4.79 Å². The van der Waals surface area contributed by atoms with Crippen LogP contribution >= 0.6 is 0 Å². The summed E-state index contributed by atoms with van der Waals surface area (Å²) in [5, 5.41) is 9.31. The minimum Gasteiger partial charge on any atom is -0.463 e. The molecule has 7 heteroatoms. The van der Waals surface area contributed by atoms with Gasteiger partial charge in [0.25, 0.3) is 0 Å². The highest BCUT2D eigenvalue weighted by Crippen LogP contribution is 2.44. The molecule has 3 aromatic rings. The van der Waals surface area contributed by atoms with Crippen molar-refractivity contribution in [3.05, 3.63) is 65.2 Å². The highest BCUT2D eigenvalue weighted by molar-refractivity contribution is 5.99. The minimum atomic E-state index is -0.763. The molecule has 1 aromatic heterocycles. The van der Waals surface area contributed by atoms with E-state index in [-0.39, 0.29) is 18.8 Å². The first-order valence-electron chi connectivity index (χ1n) is 9.45. The van der Waals surface area contributed by atoms with E-state index in [0.29, 0.717) is 11.1 Å². The number of hydrogen-bond acceptors (Lipinski definition) is 6. The zero-order valence-corrected chi connectivity index (χ0v) is 16.5. The summed E-state index contributed by atoms with van der Waals surface area (Å²) in [6.45, 7) is 5.24. The summed E-state index contributed by atoms with van der Waals surface area (Å²) in [4.78, 5) is 26.2. The molecule has 148 valence electrons. The molecule has 1 heterocycles. The topological polar surface area (TPSA) is 83.3 Å². The molecule has 0 bridgehead atoms. The van der Waals surface area contributed by atoms with Gasteiger partial charge < -0.3 is 9.47 Å². The first-order chi connectivity index (χ1) is 13.9. The maximum atomic E-state index is 12.8. The maximum absolute atomic E-state index is 12.8. The Morgan fingerprint density at radius 1 is 1.07 bits per heavy atom. The number of rotatable bonds is 4. The number of fused-ring (bicyclic) bond motifs is 2. The predicted octanol–water partition coefficient (Wildman–Crippen LogP) is 3.44. The summed E-state index contributed by atoms with van der Waals surface area (Å²) < 4.78 is 10.7. The number of nitrogens with zero attached hydrogens (tertiary/aromatic N) is 3. The fourth-order valence-electron chi connectivity index (χ4n) is 3.74. The predicted molar refractivity (Wildman–Crippen MR) is 107 cm³/mol. The third-order valence-corrected chi connectivity index (χ3v) is 5.04. The van der Waals surface area contributed by atoms with Gasteiger partial charge in [0.2, 0.25) is 0 Å². The number of carbonyl (C=O) groups excluding carboxylic acids is 2. The zero-order chi connectivity index (χ0) is 20.6. The Bertz CT molecular complexity index is 1110. The number of hydrogen-bond donors (Lipinski definition) is 0. The van der Waals surface area contributed by atoms with E-state index in [1.165, 1.54) is 6.92 Å². The molecule has 1 unspecified atom stereocenters. The molecule has 0 saturated heterocycles. The number of ether oxygens (including phenoxy) is 2. The van der Waals surface area contributed by atoms with Crippen LogP contribution in [0.15, 0.2) is 54.1 Å². The molecule has 0 amide bonds. The molecular formula is C22H21N3O4. The van der Waals surface area contributed by atoms with E-state index in [1.54, 1.807) is 11.7 Å². The van der Waals surface area contributed by atoms with E-state index >= 15 is 0 Å². The highest BCUT2D eigenvalue weighted by Gasteiger charge is 2.43. The van der Waals surface area contributed by atoms with E-state index in [9.17, 15) is 9.59 Å². The Morgan fingerprint density at radius 3 is 2.31 bits per heavy atom. The van der Waals surface area contributed by atoms with Crippen LogP contribution in [0.5, 0.6) is 0 Å². The zero-order valence-electron chi connectivity index (χ0n) is 16.5. The first-order valence-corrected chi connectivity index (χ1v) is 9.45. The van der Waals surface area contributed by atoms with Crippen LogP contribution in [0.25, 0.3) is 16.8 Å². The van der Waals surface area contributed by atoms with Gasteiger partial charge in [-0.15, -0.1) is 0 Å². The Hall–Kier alpha value is -3.48. The van der Waals surface area contributed by atoms with Gasteiger partial charge in [0.15, 0.2) is 0 Å². The summed E-state index contributed by atoms with van der Waals surface area (Å²) in [5.74, 6) is -0.773. The summed E-state index contributed by atoms with van der Waals surface area (Å²) in [5.41, 5.74) is 2.58. The van der Waals surface area contributed by atoms with Crippen LogP contribution in [0.3, 0.4) is 0 Å². The lowest BCUT2D eigenvalue weighted by Gasteiger charge is -2.36. The molecule has 2 aromatic carbocycles. The second-order valence-electron chi connectivity index (χ2n) is 7.10. The molecule has 29 heavy (non-hydrogen) atoms. The molecule has 0 radical (unpaired) electrons.